The van der Waals surface area contributed by atoms with Gasteiger partial charge in [0.1, 0.15) is 12.3 Å². The maximum absolute atomic E-state index is 12.8. The van der Waals surface area contributed by atoms with Crippen molar-refractivity contribution in [3.63, 3.8) is 0 Å². The van der Waals surface area contributed by atoms with Gasteiger partial charge in [0.15, 0.2) is 0 Å². The molecule has 0 amide bonds. The Kier molecular flexibility index (Phi) is 7.96. The van der Waals surface area contributed by atoms with Gasteiger partial charge in [0, 0.05) is 31.3 Å². The van der Waals surface area contributed by atoms with Crippen molar-refractivity contribution in [2.24, 2.45) is 0 Å². The standard InChI is InChI=1S/C16H29N4O6P/c1-4-6-17-27(24,18-7-5-2)25-10-13-12(21)8-14(26-13)20-9-11(3)15(22)19-16(20)23/h9,12-14,21H,4-8,10H2,1-3H3,(H2,17,18,24)(H,19,22,23)/t12-,13+,14+/m0/s1. The quantitative estimate of drug-likeness (QED) is 0.417. The average Bonchev–Trinajstić information content (AvgIpc) is 3.00. The van der Waals surface area contributed by atoms with E-state index in [0.717, 1.165) is 12.8 Å². The van der Waals surface area contributed by atoms with Crippen LogP contribution in [0.25, 0.3) is 0 Å². The van der Waals surface area contributed by atoms with Crippen LogP contribution in [-0.2, 0) is 13.8 Å². The Morgan fingerprint density at radius 2 is 1.96 bits per heavy atom. The molecule has 1 aromatic heterocycles. The van der Waals surface area contributed by atoms with Crippen LogP contribution in [0.3, 0.4) is 0 Å². The number of rotatable bonds is 10. The van der Waals surface area contributed by atoms with Gasteiger partial charge in [0.25, 0.3) is 5.56 Å². The predicted octanol–water partition coefficient (Wildman–Crippen LogP) is 0.617. The van der Waals surface area contributed by atoms with E-state index in [2.05, 4.69) is 15.2 Å². The number of ether oxygens (including phenoxy) is 1. The highest BCUT2D eigenvalue weighted by Crippen LogP contribution is 2.39. The van der Waals surface area contributed by atoms with Crippen molar-refractivity contribution in [3.05, 3.63) is 32.6 Å². The third-order valence-electron chi connectivity index (χ3n) is 4.22. The zero-order valence-electron chi connectivity index (χ0n) is 15.9. The summed E-state index contributed by atoms with van der Waals surface area (Å²) in [6, 6.07) is 0. The van der Waals surface area contributed by atoms with E-state index in [9.17, 15) is 19.3 Å². The molecule has 1 fully saturated rings. The van der Waals surface area contributed by atoms with Crippen molar-refractivity contribution >= 4 is 7.67 Å². The summed E-state index contributed by atoms with van der Waals surface area (Å²) in [4.78, 5) is 25.7. The first kappa shape index (κ1) is 22.0. The van der Waals surface area contributed by atoms with Gasteiger partial charge < -0.3 is 14.4 Å². The number of aliphatic hydroxyl groups excluding tert-OH is 1. The zero-order chi connectivity index (χ0) is 20.0. The van der Waals surface area contributed by atoms with Gasteiger partial charge in [-0.1, -0.05) is 13.8 Å². The zero-order valence-corrected chi connectivity index (χ0v) is 16.8. The number of aromatic amines is 1. The molecule has 0 saturated carbocycles. The lowest BCUT2D eigenvalue weighted by atomic mass is 10.2. The molecule has 2 heterocycles. The first-order valence-corrected chi connectivity index (χ1v) is 10.8. The molecule has 4 N–H and O–H groups in total. The van der Waals surface area contributed by atoms with Crippen LogP contribution in [0.15, 0.2) is 15.8 Å². The molecule has 0 spiro atoms. The highest BCUT2D eigenvalue weighted by Gasteiger charge is 2.37. The third-order valence-corrected chi connectivity index (χ3v) is 6.01. The van der Waals surface area contributed by atoms with Gasteiger partial charge in [-0.05, 0) is 19.8 Å². The van der Waals surface area contributed by atoms with Gasteiger partial charge in [0.05, 0.1) is 12.7 Å². The number of hydrogen-bond acceptors (Lipinski definition) is 6. The molecule has 11 heteroatoms. The van der Waals surface area contributed by atoms with Crippen LogP contribution in [0, 0.1) is 6.92 Å². The number of aryl methyl sites for hydroxylation is 1. The minimum atomic E-state index is -3.25. The van der Waals surface area contributed by atoms with E-state index >= 15 is 0 Å². The molecule has 1 aliphatic heterocycles. The largest absolute Gasteiger partial charge is 0.390 e. The van der Waals surface area contributed by atoms with E-state index < -0.39 is 37.4 Å². The van der Waals surface area contributed by atoms with E-state index in [-0.39, 0.29) is 13.0 Å². The van der Waals surface area contributed by atoms with Gasteiger partial charge >= 0.3 is 13.4 Å². The number of H-pyrrole nitrogens is 1. The van der Waals surface area contributed by atoms with Crippen molar-refractivity contribution in [1.82, 2.24) is 19.7 Å². The molecular weight excluding hydrogens is 375 g/mol. The molecule has 1 aromatic rings. The minimum Gasteiger partial charge on any atom is -0.390 e. The number of aromatic nitrogens is 2. The molecule has 0 aliphatic carbocycles. The molecule has 1 saturated heterocycles. The third kappa shape index (κ3) is 5.84. The number of hydrogen-bond donors (Lipinski definition) is 4. The second-order valence-electron chi connectivity index (χ2n) is 6.57. The highest BCUT2D eigenvalue weighted by atomic mass is 31.2. The Balaban J connectivity index is 2.03. The highest BCUT2D eigenvalue weighted by molar-refractivity contribution is 7.54. The summed E-state index contributed by atoms with van der Waals surface area (Å²) in [5, 5.41) is 16.0. The Bertz CT molecular complexity index is 767. The van der Waals surface area contributed by atoms with Crippen molar-refractivity contribution in [2.45, 2.75) is 58.5 Å². The van der Waals surface area contributed by atoms with E-state index in [1.807, 2.05) is 13.8 Å². The minimum absolute atomic E-state index is 0.0978. The summed E-state index contributed by atoms with van der Waals surface area (Å²) in [6.45, 7) is 6.44. The number of aliphatic hydroxyl groups is 1. The Hall–Kier alpha value is -1.29. The van der Waals surface area contributed by atoms with E-state index in [1.54, 1.807) is 6.92 Å². The normalized spacial score (nSPS) is 23.0. The van der Waals surface area contributed by atoms with Crippen molar-refractivity contribution in [3.8, 4) is 0 Å². The predicted molar refractivity (Wildman–Crippen MR) is 101 cm³/mol. The number of nitrogens with zero attached hydrogens (tertiary/aromatic N) is 1. The molecule has 2 rings (SSSR count). The molecule has 1 aliphatic rings. The fourth-order valence-corrected chi connectivity index (χ4v) is 4.37. The van der Waals surface area contributed by atoms with Crippen LogP contribution in [-0.4, -0.2) is 46.6 Å². The summed E-state index contributed by atoms with van der Waals surface area (Å²) in [6.07, 6.45) is 0.783. The molecule has 154 valence electrons. The van der Waals surface area contributed by atoms with Crippen molar-refractivity contribution in [1.29, 1.82) is 0 Å². The summed E-state index contributed by atoms with van der Waals surface area (Å²) in [5.41, 5.74) is -0.701. The maximum atomic E-state index is 12.8. The van der Waals surface area contributed by atoms with Crippen LogP contribution in [0.5, 0.6) is 0 Å². The second-order valence-corrected chi connectivity index (χ2v) is 8.57. The summed E-state index contributed by atoms with van der Waals surface area (Å²) in [7, 11) is -3.25. The lowest BCUT2D eigenvalue weighted by Crippen LogP contribution is -2.34. The van der Waals surface area contributed by atoms with Crippen LogP contribution in [0.1, 0.15) is 44.9 Å². The van der Waals surface area contributed by atoms with E-state index in [4.69, 9.17) is 9.26 Å². The Labute approximate surface area is 157 Å². The molecule has 0 unspecified atom stereocenters. The molecule has 0 aromatic carbocycles. The second kappa shape index (κ2) is 9.77. The first-order valence-electron chi connectivity index (χ1n) is 9.20. The van der Waals surface area contributed by atoms with Crippen LogP contribution in [0.4, 0.5) is 0 Å². The number of nitrogens with one attached hydrogen (secondary N) is 3. The van der Waals surface area contributed by atoms with Gasteiger partial charge in [-0.2, -0.15) is 0 Å². The topological polar surface area (TPSA) is 135 Å². The van der Waals surface area contributed by atoms with Gasteiger partial charge in [-0.3, -0.25) is 18.9 Å². The summed E-state index contributed by atoms with van der Waals surface area (Å²) < 4.78 is 25.3. The van der Waals surface area contributed by atoms with Crippen LogP contribution in [0.2, 0.25) is 0 Å². The average molecular weight is 404 g/mol. The summed E-state index contributed by atoms with van der Waals surface area (Å²) >= 11 is 0. The fraction of sp³-hybridized carbons (Fsp3) is 0.750. The van der Waals surface area contributed by atoms with Crippen molar-refractivity contribution in [2.75, 3.05) is 19.7 Å². The van der Waals surface area contributed by atoms with Gasteiger partial charge in [-0.15, -0.1) is 0 Å². The van der Waals surface area contributed by atoms with E-state index in [1.165, 1.54) is 10.8 Å². The van der Waals surface area contributed by atoms with E-state index in [0.29, 0.717) is 18.7 Å². The molecule has 10 nitrogen and oxygen atoms in total. The molecule has 3 atom stereocenters. The maximum Gasteiger partial charge on any atom is 0.340 e. The molecule has 0 radical (unpaired) electrons. The van der Waals surface area contributed by atoms with Crippen LogP contribution >= 0.6 is 7.67 Å². The monoisotopic (exact) mass is 404 g/mol. The lowest BCUT2D eigenvalue weighted by Gasteiger charge is -2.23. The SMILES string of the molecule is CCCNP(=O)(NCCC)OC[C@H]1O[C@@H](n2cc(C)c(=O)[nH]c2=O)C[C@@H]1O. The molecule has 27 heavy (non-hydrogen) atoms. The fourth-order valence-electron chi connectivity index (χ4n) is 2.68. The Morgan fingerprint density at radius 1 is 1.33 bits per heavy atom. The Morgan fingerprint density at radius 3 is 2.56 bits per heavy atom. The van der Waals surface area contributed by atoms with Crippen LogP contribution < -0.4 is 21.4 Å². The first-order chi connectivity index (χ1) is 12.8. The van der Waals surface area contributed by atoms with Gasteiger partial charge in [0.2, 0.25) is 0 Å². The molecular formula is C16H29N4O6P. The smallest absolute Gasteiger partial charge is 0.340 e. The summed E-state index contributed by atoms with van der Waals surface area (Å²) in [5.74, 6) is 0. The van der Waals surface area contributed by atoms with Gasteiger partial charge in [-0.25, -0.2) is 15.0 Å². The molecule has 0 bridgehead atoms. The van der Waals surface area contributed by atoms with Crippen molar-refractivity contribution < 1.29 is 18.9 Å². The lowest BCUT2D eigenvalue weighted by molar-refractivity contribution is -0.0412.